The van der Waals surface area contributed by atoms with E-state index in [4.69, 9.17) is 9.47 Å². The highest BCUT2D eigenvalue weighted by Crippen LogP contribution is 2.33. The Labute approximate surface area is 106 Å². The van der Waals surface area contributed by atoms with E-state index in [1.165, 1.54) is 7.11 Å². The minimum atomic E-state index is -2.93. The van der Waals surface area contributed by atoms with E-state index in [1.807, 2.05) is 0 Å². The van der Waals surface area contributed by atoms with E-state index in [9.17, 15) is 13.6 Å². The van der Waals surface area contributed by atoms with Gasteiger partial charge in [-0.05, 0) is 27.2 Å². The fraction of sp³-hybridized carbons (Fsp3) is 0.917. The molecule has 0 radical (unpaired) electrons. The normalized spacial score (nSPS) is 23.9. The number of rotatable bonds is 2. The van der Waals surface area contributed by atoms with Gasteiger partial charge in [0.1, 0.15) is 5.60 Å². The Kier molecular flexibility index (Phi) is 4.53. The number of likely N-dealkylation sites (tertiary alicyclic amines) is 1. The number of hydrogen-bond acceptors (Lipinski definition) is 3. The number of amides is 1. The van der Waals surface area contributed by atoms with Crippen LogP contribution in [0.15, 0.2) is 0 Å². The van der Waals surface area contributed by atoms with Crippen LogP contribution in [0.3, 0.4) is 0 Å². The summed E-state index contributed by atoms with van der Waals surface area (Å²) in [6.45, 7) is 4.81. The fourth-order valence-electron chi connectivity index (χ4n) is 1.87. The van der Waals surface area contributed by atoms with Crippen LogP contribution in [0.25, 0.3) is 0 Å². The number of carbonyl (C=O) groups is 1. The van der Waals surface area contributed by atoms with Gasteiger partial charge in [-0.2, -0.15) is 0 Å². The Hall–Kier alpha value is -0.910. The molecule has 0 N–H and O–H groups in total. The van der Waals surface area contributed by atoms with Crippen molar-refractivity contribution < 1.29 is 23.0 Å². The second-order valence-corrected chi connectivity index (χ2v) is 5.60. The van der Waals surface area contributed by atoms with Crippen molar-refractivity contribution in [1.29, 1.82) is 0 Å². The first kappa shape index (κ1) is 15.1. The van der Waals surface area contributed by atoms with Crippen molar-refractivity contribution in [2.24, 2.45) is 5.92 Å². The molecule has 1 amide bonds. The predicted octanol–water partition coefficient (Wildman–Crippen LogP) is 2.53. The van der Waals surface area contributed by atoms with Crippen molar-refractivity contribution in [2.45, 2.75) is 38.7 Å². The maximum atomic E-state index is 13.8. The van der Waals surface area contributed by atoms with E-state index in [1.54, 1.807) is 20.8 Å². The van der Waals surface area contributed by atoms with Crippen molar-refractivity contribution in [1.82, 2.24) is 4.90 Å². The molecule has 1 aliphatic rings. The molecule has 1 atom stereocenters. The fourth-order valence-corrected chi connectivity index (χ4v) is 1.87. The summed E-state index contributed by atoms with van der Waals surface area (Å²) >= 11 is 0. The van der Waals surface area contributed by atoms with E-state index in [-0.39, 0.29) is 19.6 Å². The van der Waals surface area contributed by atoms with Crippen LogP contribution in [-0.2, 0) is 9.47 Å². The molecule has 0 aromatic heterocycles. The third kappa shape index (κ3) is 4.08. The molecule has 0 aromatic rings. The van der Waals surface area contributed by atoms with Crippen molar-refractivity contribution in [2.75, 3.05) is 26.8 Å². The highest BCUT2D eigenvalue weighted by atomic mass is 19.3. The van der Waals surface area contributed by atoms with Gasteiger partial charge >= 0.3 is 6.09 Å². The zero-order valence-electron chi connectivity index (χ0n) is 11.3. The highest BCUT2D eigenvalue weighted by Gasteiger charge is 2.46. The highest BCUT2D eigenvalue weighted by molar-refractivity contribution is 5.68. The van der Waals surface area contributed by atoms with Crippen molar-refractivity contribution in [3.63, 3.8) is 0 Å². The maximum absolute atomic E-state index is 13.8. The summed E-state index contributed by atoms with van der Waals surface area (Å²) in [5.41, 5.74) is -0.671. The molecule has 4 nitrogen and oxygen atoms in total. The molecule has 106 valence electrons. The molecular weight excluding hydrogens is 244 g/mol. The lowest BCUT2D eigenvalue weighted by Crippen LogP contribution is -2.52. The molecule has 18 heavy (non-hydrogen) atoms. The van der Waals surface area contributed by atoms with Crippen LogP contribution in [0.2, 0.25) is 0 Å². The number of alkyl halides is 2. The molecule has 0 aromatic carbocycles. The molecular formula is C12H21F2NO3. The number of carbonyl (C=O) groups excluding carboxylic acids is 1. The van der Waals surface area contributed by atoms with Gasteiger partial charge in [0.25, 0.3) is 5.92 Å². The summed E-state index contributed by atoms with van der Waals surface area (Å²) in [5, 5.41) is 0. The van der Waals surface area contributed by atoms with E-state index in [2.05, 4.69) is 0 Å². The summed E-state index contributed by atoms with van der Waals surface area (Å²) in [5.74, 6) is -3.76. The monoisotopic (exact) mass is 265 g/mol. The van der Waals surface area contributed by atoms with Crippen LogP contribution in [0.4, 0.5) is 13.6 Å². The number of nitrogens with zero attached hydrogens (tertiary/aromatic N) is 1. The third-order valence-corrected chi connectivity index (χ3v) is 2.77. The zero-order valence-corrected chi connectivity index (χ0v) is 11.3. The minimum absolute atomic E-state index is 0.00909. The summed E-state index contributed by atoms with van der Waals surface area (Å²) in [6.07, 6.45) is -0.460. The van der Waals surface area contributed by atoms with E-state index in [0.717, 1.165) is 4.90 Å². The molecule has 0 spiro atoms. The van der Waals surface area contributed by atoms with Crippen LogP contribution in [0, 0.1) is 5.92 Å². The Balaban J connectivity index is 2.60. The van der Waals surface area contributed by atoms with E-state index >= 15 is 0 Å². The molecule has 1 fully saturated rings. The Morgan fingerprint density at radius 2 is 2.06 bits per heavy atom. The first-order valence-electron chi connectivity index (χ1n) is 6.00. The number of halogens is 2. The lowest BCUT2D eigenvalue weighted by atomic mass is 9.94. The number of hydrogen-bond donors (Lipinski definition) is 0. The SMILES string of the molecule is COCC1CCN(C(=O)OC(C)(C)C)CC1(F)F. The first-order chi connectivity index (χ1) is 8.15. The molecule has 6 heteroatoms. The second-order valence-electron chi connectivity index (χ2n) is 5.60. The quantitative estimate of drug-likeness (QED) is 0.770. The third-order valence-electron chi connectivity index (χ3n) is 2.77. The van der Waals surface area contributed by atoms with Crippen molar-refractivity contribution in [3.05, 3.63) is 0 Å². The molecule has 1 saturated heterocycles. The number of methoxy groups -OCH3 is 1. The lowest BCUT2D eigenvalue weighted by molar-refractivity contribution is -0.126. The number of piperidine rings is 1. The summed E-state index contributed by atoms with van der Waals surface area (Å²) in [4.78, 5) is 12.8. The second kappa shape index (κ2) is 5.38. The Morgan fingerprint density at radius 3 is 2.50 bits per heavy atom. The van der Waals surface area contributed by atoms with Crippen molar-refractivity contribution in [3.8, 4) is 0 Å². The largest absolute Gasteiger partial charge is 0.444 e. The minimum Gasteiger partial charge on any atom is -0.444 e. The lowest BCUT2D eigenvalue weighted by Gasteiger charge is -2.38. The summed E-state index contributed by atoms with van der Waals surface area (Å²) < 4.78 is 37.4. The van der Waals surface area contributed by atoms with Crippen LogP contribution >= 0.6 is 0 Å². The summed E-state index contributed by atoms with van der Waals surface area (Å²) in [7, 11) is 1.40. The van der Waals surface area contributed by atoms with Gasteiger partial charge < -0.3 is 14.4 Å². The molecule has 1 aliphatic heterocycles. The first-order valence-corrected chi connectivity index (χ1v) is 6.00. The van der Waals surface area contributed by atoms with Gasteiger partial charge in [-0.25, -0.2) is 13.6 Å². The summed E-state index contributed by atoms with van der Waals surface area (Å²) in [6, 6.07) is 0. The van der Waals surface area contributed by atoms with Gasteiger partial charge in [0.05, 0.1) is 13.2 Å². The van der Waals surface area contributed by atoms with Crippen LogP contribution in [0.5, 0.6) is 0 Å². The average molecular weight is 265 g/mol. The van der Waals surface area contributed by atoms with Crippen molar-refractivity contribution >= 4 is 6.09 Å². The van der Waals surface area contributed by atoms with Gasteiger partial charge in [-0.1, -0.05) is 0 Å². The molecule has 0 saturated carbocycles. The van der Waals surface area contributed by atoms with E-state index < -0.39 is 30.1 Å². The van der Waals surface area contributed by atoms with Gasteiger partial charge in [0.15, 0.2) is 0 Å². The molecule has 0 bridgehead atoms. The van der Waals surface area contributed by atoms with E-state index in [0.29, 0.717) is 0 Å². The smallest absolute Gasteiger partial charge is 0.410 e. The van der Waals surface area contributed by atoms with Crippen LogP contribution in [0.1, 0.15) is 27.2 Å². The maximum Gasteiger partial charge on any atom is 0.410 e. The average Bonchev–Trinajstić information content (AvgIpc) is 2.18. The van der Waals surface area contributed by atoms with Crippen LogP contribution < -0.4 is 0 Å². The predicted molar refractivity (Wildman–Crippen MR) is 62.7 cm³/mol. The Bertz CT molecular complexity index is 302. The molecule has 1 heterocycles. The van der Waals surface area contributed by atoms with Crippen LogP contribution in [-0.4, -0.2) is 49.3 Å². The van der Waals surface area contributed by atoms with Gasteiger partial charge in [0.2, 0.25) is 0 Å². The zero-order chi connectivity index (χ0) is 14.0. The molecule has 1 unspecified atom stereocenters. The number of ether oxygens (including phenoxy) is 2. The van der Waals surface area contributed by atoms with Gasteiger partial charge in [-0.15, -0.1) is 0 Å². The Morgan fingerprint density at radius 1 is 1.44 bits per heavy atom. The van der Waals surface area contributed by atoms with Gasteiger partial charge in [-0.3, -0.25) is 0 Å². The topological polar surface area (TPSA) is 38.8 Å². The molecule has 0 aliphatic carbocycles. The standard InChI is InChI=1S/C12H21F2NO3/c1-11(2,3)18-10(16)15-6-5-9(7-17-4)12(13,14)8-15/h9H,5-8H2,1-4H3. The molecule has 1 rings (SSSR count). The van der Waals surface area contributed by atoms with Gasteiger partial charge in [0, 0.05) is 19.6 Å².